The zero-order chi connectivity index (χ0) is 19.9. The van der Waals surface area contributed by atoms with Crippen LogP contribution in [-0.4, -0.2) is 31.2 Å². The van der Waals surface area contributed by atoms with E-state index >= 15 is 0 Å². The normalized spacial score (nSPS) is 10.7. The Morgan fingerprint density at radius 1 is 0.536 bits per heavy atom. The van der Waals surface area contributed by atoms with Gasteiger partial charge in [0.25, 0.3) is 0 Å². The van der Waals surface area contributed by atoms with Gasteiger partial charge in [0.05, 0.1) is 11.4 Å². The first-order valence-electron chi connectivity index (χ1n) is 10.4. The average Bonchev–Trinajstić information content (AvgIpc) is 2.76. The van der Waals surface area contributed by atoms with E-state index in [-0.39, 0.29) is 0 Å². The quantitative estimate of drug-likeness (QED) is 0.475. The second-order valence-corrected chi connectivity index (χ2v) is 6.85. The minimum absolute atomic E-state index is 1.01. The van der Waals surface area contributed by atoms with Crippen LogP contribution < -0.4 is 9.80 Å². The third-order valence-electron chi connectivity index (χ3n) is 5.33. The molecular formula is C25H31N3. The van der Waals surface area contributed by atoms with Gasteiger partial charge >= 0.3 is 0 Å². The predicted octanol–water partition coefficient (Wildman–Crippen LogP) is 6.11. The molecule has 0 aliphatic rings. The molecule has 0 aliphatic heterocycles. The highest BCUT2D eigenvalue weighted by Gasteiger charge is 2.07. The molecule has 3 rings (SSSR count). The van der Waals surface area contributed by atoms with Crippen LogP contribution in [0.4, 0.5) is 11.4 Å². The summed E-state index contributed by atoms with van der Waals surface area (Å²) in [5.41, 5.74) is 6.84. The zero-order valence-corrected chi connectivity index (χ0v) is 17.5. The van der Waals surface area contributed by atoms with E-state index in [1.165, 1.54) is 11.4 Å². The number of rotatable bonds is 8. The Morgan fingerprint density at radius 2 is 0.893 bits per heavy atom. The summed E-state index contributed by atoms with van der Waals surface area (Å²) in [4.78, 5) is 9.62. The van der Waals surface area contributed by atoms with E-state index in [2.05, 4.69) is 104 Å². The van der Waals surface area contributed by atoms with Gasteiger partial charge < -0.3 is 9.80 Å². The minimum atomic E-state index is 1.01. The van der Waals surface area contributed by atoms with Crippen molar-refractivity contribution >= 4 is 11.4 Å². The van der Waals surface area contributed by atoms with Gasteiger partial charge in [0.1, 0.15) is 0 Å². The number of anilines is 2. The Hall–Kier alpha value is -2.81. The van der Waals surface area contributed by atoms with E-state index in [1.807, 2.05) is 0 Å². The summed E-state index contributed by atoms with van der Waals surface area (Å²) < 4.78 is 0. The minimum Gasteiger partial charge on any atom is -0.372 e. The molecule has 0 saturated heterocycles. The molecule has 3 heteroatoms. The Morgan fingerprint density at radius 3 is 1.21 bits per heavy atom. The topological polar surface area (TPSA) is 19.4 Å². The van der Waals surface area contributed by atoms with Gasteiger partial charge in [0, 0.05) is 48.7 Å². The van der Waals surface area contributed by atoms with Gasteiger partial charge in [-0.15, -0.1) is 0 Å². The van der Waals surface area contributed by atoms with Gasteiger partial charge in [-0.25, -0.2) is 4.98 Å². The van der Waals surface area contributed by atoms with Crippen LogP contribution >= 0.6 is 0 Å². The van der Waals surface area contributed by atoms with Gasteiger partial charge in [-0.2, -0.15) is 0 Å². The zero-order valence-electron chi connectivity index (χ0n) is 17.5. The molecule has 0 N–H and O–H groups in total. The van der Waals surface area contributed by atoms with Gasteiger partial charge in [-0.05, 0) is 64.1 Å². The van der Waals surface area contributed by atoms with Crippen molar-refractivity contribution in [1.82, 2.24) is 4.98 Å². The summed E-state index contributed by atoms with van der Waals surface area (Å²) in [6.07, 6.45) is 0. The van der Waals surface area contributed by atoms with E-state index in [1.54, 1.807) is 0 Å². The maximum Gasteiger partial charge on any atom is 0.0709 e. The van der Waals surface area contributed by atoms with Crippen LogP contribution in [0.15, 0.2) is 66.7 Å². The summed E-state index contributed by atoms with van der Waals surface area (Å²) in [5, 5.41) is 0. The SMILES string of the molecule is CCN(CC)c1ccc(-c2cccc(-c3ccc(N(CC)CC)cc3)n2)cc1. The van der Waals surface area contributed by atoms with Crippen molar-refractivity contribution in [2.24, 2.45) is 0 Å². The molecule has 0 radical (unpaired) electrons. The van der Waals surface area contributed by atoms with Crippen LogP contribution in [0, 0.1) is 0 Å². The summed E-state index contributed by atoms with van der Waals surface area (Å²) in [5.74, 6) is 0. The second-order valence-electron chi connectivity index (χ2n) is 6.85. The summed E-state index contributed by atoms with van der Waals surface area (Å²) in [7, 11) is 0. The van der Waals surface area contributed by atoms with Crippen molar-refractivity contribution in [2.45, 2.75) is 27.7 Å². The number of aromatic nitrogens is 1. The summed E-state index contributed by atoms with van der Waals surface area (Å²) in [6, 6.07) is 23.7. The third kappa shape index (κ3) is 4.36. The number of hydrogen-bond donors (Lipinski definition) is 0. The monoisotopic (exact) mass is 373 g/mol. The summed E-state index contributed by atoms with van der Waals surface area (Å²) >= 11 is 0. The lowest BCUT2D eigenvalue weighted by atomic mass is 10.1. The van der Waals surface area contributed by atoms with E-state index < -0.39 is 0 Å². The molecular weight excluding hydrogens is 342 g/mol. The standard InChI is InChI=1S/C25H31N3/c1-5-27(6-2)22-16-12-20(13-17-22)24-10-9-11-25(26-24)21-14-18-23(19-15-21)28(7-3)8-4/h9-19H,5-8H2,1-4H3. The molecule has 0 bridgehead atoms. The number of benzene rings is 2. The van der Waals surface area contributed by atoms with Gasteiger partial charge in [0.15, 0.2) is 0 Å². The number of hydrogen-bond acceptors (Lipinski definition) is 3. The van der Waals surface area contributed by atoms with Crippen molar-refractivity contribution in [3.05, 3.63) is 66.7 Å². The lowest BCUT2D eigenvalue weighted by molar-refractivity contribution is 0.866. The molecule has 0 atom stereocenters. The first-order valence-corrected chi connectivity index (χ1v) is 10.4. The number of pyridine rings is 1. The Bertz CT molecular complexity index is 790. The van der Waals surface area contributed by atoms with Crippen molar-refractivity contribution in [1.29, 1.82) is 0 Å². The lowest BCUT2D eigenvalue weighted by Gasteiger charge is -2.21. The molecule has 28 heavy (non-hydrogen) atoms. The van der Waals surface area contributed by atoms with Crippen molar-refractivity contribution in [2.75, 3.05) is 36.0 Å². The van der Waals surface area contributed by atoms with Crippen molar-refractivity contribution in [3.8, 4) is 22.5 Å². The molecule has 0 amide bonds. The van der Waals surface area contributed by atoms with Crippen LogP contribution in [0.3, 0.4) is 0 Å². The van der Waals surface area contributed by atoms with E-state index in [0.29, 0.717) is 0 Å². The molecule has 0 aliphatic carbocycles. The molecule has 2 aromatic carbocycles. The molecule has 0 fully saturated rings. The highest BCUT2D eigenvalue weighted by atomic mass is 15.1. The largest absolute Gasteiger partial charge is 0.372 e. The predicted molar refractivity (Wildman–Crippen MR) is 122 cm³/mol. The van der Waals surface area contributed by atoms with E-state index in [0.717, 1.165) is 48.7 Å². The van der Waals surface area contributed by atoms with Crippen LogP contribution in [0.5, 0.6) is 0 Å². The highest BCUT2D eigenvalue weighted by Crippen LogP contribution is 2.26. The van der Waals surface area contributed by atoms with Crippen molar-refractivity contribution in [3.63, 3.8) is 0 Å². The molecule has 1 aromatic heterocycles. The van der Waals surface area contributed by atoms with Crippen molar-refractivity contribution < 1.29 is 0 Å². The van der Waals surface area contributed by atoms with Crippen LogP contribution in [0.2, 0.25) is 0 Å². The van der Waals surface area contributed by atoms with Gasteiger partial charge in [-0.3, -0.25) is 0 Å². The van der Waals surface area contributed by atoms with Crippen LogP contribution in [0.1, 0.15) is 27.7 Å². The smallest absolute Gasteiger partial charge is 0.0709 e. The highest BCUT2D eigenvalue weighted by molar-refractivity contribution is 5.69. The third-order valence-corrected chi connectivity index (χ3v) is 5.33. The fourth-order valence-corrected chi connectivity index (χ4v) is 3.62. The lowest BCUT2D eigenvalue weighted by Crippen LogP contribution is -2.21. The van der Waals surface area contributed by atoms with E-state index in [4.69, 9.17) is 4.98 Å². The molecule has 0 saturated carbocycles. The molecule has 3 nitrogen and oxygen atoms in total. The second kappa shape index (κ2) is 9.41. The fraction of sp³-hybridized carbons (Fsp3) is 0.320. The summed E-state index contributed by atoms with van der Waals surface area (Å²) in [6.45, 7) is 12.8. The molecule has 0 spiro atoms. The van der Waals surface area contributed by atoms with E-state index in [9.17, 15) is 0 Å². The molecule has 1 heterocycles. The van der Waals surface area contributed by atoms with Gasteiger partial charge in [0.2, 0.25) is 0 Å². The first-order chi connectivity index (χ1) is 13.7. The molecule has 3 aromatic rings. The first kappa shape index (κ1) is 19.9. The molecule has 146 valence electrons. The average molecular weight is 374 g/mol. The molecule has 0 unspecified atom stereocenters. The van der Waals surface area contributed by atoms with Gasteiger partial charge in [-0.1, -0.05) is 30.3 Å². The maximum absolute atomic E-state index is 4.92. The Kier molecular flexibility index (Phi) is 6.70. The van der Waals surface area contributed by atoms with Crippen LogP contribution in [-0.2, 0) is 0 Å². The fourth-order valence-electron chi connectivity index (χ4n) is 3.62. The maximum atomic E-state index is 4.92. The Labute approximate surface area is 169 Å². The number of nitrogens with zero attached hydrogens (tertiary/aromatic N) is 3. The Balaban J connectivity index is 1.84. The van der Waals surface area contributed by atoms with Crippen LogP contribution in [0.25, 0.3) is 22.5 Å².